The lowest BCUT2D eigenvalue weighted by Crippen LogP contribution is -2.66. The van der Waals surface area contributed by atoms with Crippen LogP contribution in [0.3, 0.4) is 0 Å². The lowest BCUT2D eigenvalue weighted by molar-refractivity contribution is -0.211. The molecule has 3 rings (SSSR count). The van der Waals surface area contributed by atoms with Gasteiger partial charge in [0.2, 0.25) is 5.91 Å². The van der Waals surface area contributed by atoms with Gasteiger partial charge < -0.3 is 14.7 Å². The van der Waals surface area contributed by atoms with Crippen molar-refractivity contribution in [2.75, 3.05) is 33.8 Å². The average Bonchev–Trinajstić information content (AvgIpc) is 2.45. The van der Waals surface area contributed by atoms with E-state index in [1.807, 2.05) is 25.9 Å². The Bertz CT molecular complexity index is 424. The van der Waals surface area contributed by atoms with Crippen molar-refractivity contribution < 1.29 is 14.6 Å². The largest absolute Gasteiger partial charge is 0.392 e. The van der Waals surface area contributed by atoms with E-state index in [9.17, 15) is 9.90 Å². The van der Waals surface area contributed by atoms with Crippen LogP contribution in [0.5, 0.6) is 0 Å². The van der Waals surface area contributed by atoms with Crippen LogP contribution in [0.15, 0.2) is 0 Å². The molecular formula is C17H30N2O3. The maximum Gasteiger partial charge on any atom is 0.243 e. The highest BCUT2D eigenvalue weighted by atomic mass is 16.5. The van der Waals surface area contributed by atoms with Crippen molar-refractivity contribution in [3.05, 3.63) is 0 Å². The van der Waals surface area contributed by atoms with E-state index in [1.165, 1.54) is 0 Å². The number of likely N-dealkylation sites (N-methyl/N-ethyl adjacent to an activating group) is 1. The second kappa shape index (κ2) is 5.77. The molecule has 5 heteroatoms. The van der Waals surface area contributed by atoms with Gasteiger partial charge in [-0.2, -0.15) is 0 Å². The Balaban J connectivity index is 1.63. The molecule has 0 unspecified atom stereocenters. The van der Waals surface area contributed by atoms with Crippen LogP contribution < -0.4 is 0 Å². The standard InChI is InChI=1S/C17H30N2O3/c1-4-22-14-12-13(20)16(14)8-10-19(11-9-16)15(21)17(18(2)3)6-5-7-17/h13-14,20H,4-12H2,1-3H3/t13-,14+/m1/s1. The van der Waals surface area contributed by atoms with Crippen molar-refractivity contribution in [3.63, 3.8) is 0 Å². The quantitative estimate of drug-likeness (QED) is 0.849. The lowest BCUT2D eigenvalue weighted by atomic mass is 9.58. The Morgan fingerprint density at radius 2 is 1.91 bits per heavy atom. The van der Waals surface area contributed by atoms with E-state index in [0.717, 1.165) is 51.6 Å². The first-order chi connectivity index (χ1) is 10.5. The Kier molecular flexibility index (Phi) is 4.25. The summed E-state index contributed by atoms with van der Waals surface area (Å²) in [5.41, 5.74) is -0.361. The summed E-state index contributed by atoms with van der Waals surface area (Å²) in [6, 6.07) is 0. The third-order valence-electron chi connectivity index (χ3n) is 6.53. The number of rotatable bonds is 4. The normalized spacial score (nSPS) is 32.7. The van der Waals surface area contributed by atoms with Crippen LogP contribution in [0.1, 0.15) is 45.4 Å². The SMILES string of the molecule is CCO[C@H]1C[C@@H](O)C12CCN(C(=O)C1(N(C)C)CCC1)CC2. The number of carbonyl (C=O) groups excluding carboxylic acids is 1. The Hall–Kier alpha value is -0.650. The molecule has 1 heterocycles. The van der Waals surface area contributed by atoms with Gasteiger partial charge in [-0.15, -0.1) is 0 Å². The number of amides is 1. The molecule has 3 fully saturated rings. The first-order valence-electron chi connectivity index (χ1n) is 8.73. The number of aliphatic hydroxyl groups excluding tert-OH is 1. The van der Waals surface area contributed by atoms with Gasteiger partial charge in [-0.25, -0.2) is 0 Å². The molecule has 0 bridgehead atoms. The van der Waals surface area contributed by atoms with Gasteiger partial charge in [-0.05, 0) is 53.1 Å². The number of hydrogen-bond acceptors (Lipinski definition) is 4. The van der Waals surface area contributed by atoms with Gasteiger partial charge in [0, 0.05) is 31.5 Å². The molecule has 22 heavy (non-hydrogen) atoms. The van der Waals surface area contributed by atoms with Crippen LogP contribution in [0, 0.1) is 5.41 Å². The third-order valence-corrected chi connectivity index (χ3v) is 6.53. The molecule has 5 nitrogen and oxygen atoms in total. The molecule has 0 aromatic carbocycles. The van der Waals surface area contributed by atoms with Crippen molar-refractivity contribution in [1.29, 1.82) is 0 Å². The fourth-order valence-corrected chi connectivity index (χ4v) is 4.60. The van der Waals surface area contributed by atoms with E-state index in [0.29, 0.717) is 12.5 Å². The number of carbonyl (C=O) groups is 1. The number of nitrogens with zero attached hydrogens (tertiary/aromatic N) is 2. The average molecular weight is 310 g/mol. The van der Waals surface area contributed by atoms with Crippen molar-refractivity contribution >= 4 is 5.91 Å². The molecule has 0 radical (unpaired) electrons. The van der Waals surface area contributed by atoms with Crippen molar-refractivity contribution in [2.24, 2.45) is 5.41 Å². The monoisotopic (exact) mass is 310 g/mol. The molecule has 3 aliphatic rings. The zero-order valence-corrected chi connectivity index (χ0v) is 14.2. The molecule has 2 aliphatic carbocycles. The van der Waals surface area contributed by atoms with E-state index >= 15 is 0 Å². The van der Waals surface area contributed by atoms with E-state index in [2.05, 4.69) is 4.90 Å². The summed E-state index contributed by atoms with van der Waals surface area (Å²) in [6.45, 7) is 4.23. The Labute approximate surface area is 133 Å². The van der Waals surface area contributed by atoms with Crippen molar-refractivity contribution in [1.82, 2.24) is 9.80 Å². The van der Waals surface area contributed by atoms with Crippen LogP contribution in [-0.2, 0) is 9.53 Å². The second-order valence-corrected chi connectivity index (χ2v) is 7.50. The maximum absolute atomic E-state index is 12.9. The van der Waals surface area contributed by atoms with Crippen LogP contribution in [-0.4, -0.2) is 72.4 Å². The summed E-state index contributed by atoms with van der Waals surface area (Å²) in [4.78, 5) is 17.1. The van der Waals surface area contributed by atoms with Gasteiger partial charge in [0.05, 0.1) is 12.2 Å². The molecule has 1 spiro atoms. The zero-order chi connectivity index (χ0) is 16.0. The number of likely N-dealkylation sites (tertiary alicyclic amines) is 1. The van der Waals surface area contributed by atoms with E-state index in [1.54, 1.807) is 0 Å². The Morgan fingerprint density at radius 3 is 2.32 bits per heavy atom. The minimum atomic E-state index is -0.262. The van der Waals surface area contributed by atoms with Gasteiger partial charge in [-0.3, -0.25) is 9.69 Å². The molecule has 2 atom stereocenters. The van der Waals surface area contributed by atoms with Gasteiger partial charge in [-0.1, -0.05) is 0 Å². The topological polar surface area (TPSA) is 53.0 Å². The van der Waals surface area contributed by atoms with Crippen LogP contribution >= 0.6 is 0 Å². The number of piperidine rings is 1. The summed E-state index contributed by atoms with van der Waals surface area (Å²) < 4.78 is 5.80. The summed E-state index contributed by atoms with van der Waals surface area (Å²) >= 11 is 0. The van der Waals surface area contributed by atoms with Crippen molar-refractivity contribution in [2.45, 2.75) is 63.2 Å². The van der Waals surface area contributed by atoms with Gasteiger partial charge >= 0.3 is 0 Å². The number of ether oxygens (including phenoxy) is 1. The first-order valence-corrected chi connectivity index (χ1v) is 8.73. The van der Waals surface area contributed by atoms with Crippen LogP contribution in [0.25, 0.3) is 0 Å². The predicted octanol–water partition coefficient (Wildman–Crippen LogP) is 1.25. The Morgan fingerprint density at radius 1 is 1.27 bits per heavy atom. The lowest BCUT2D eigenvalue weighted by Gasteiger charge is -2.57. The molecule has 1 aliphatic heterocycles. The molecule has 2 saturated carbocycles. The molecule has 126 valence electrons. The van der Waals surface area contributed by atoms with Gasteiger partial charge in [0.25, 0.3) is 0 Å². The molecule has 1 saturated heterocycles. The summed E-state index contributed by atoms with van der Waals surface area (Å²) in [5.74, 6) is 0.292. The minimum absolute atomic E-state index is 0.0995. The number of aliphatic hydroxyl groups is 1. The molecule has 1 N–H and O–H groups in total. The number of hydrogen-bond donors (Lipinski definition) is 1. The van der Waals surface area contributed by atoms with Crippen LogP contribution in [0.2, 0.25) is 0 Å². The minimum Gasteiger partial charge on any atom is -0.392 e. The highest BCUT2D eigenvalue weighted by molar-refractivity contribution is 5.87. The van der Waals surface area contributed by atoms with E-state index in [4.69, 9.17) is 4.74 Å². The second-order valence-electron chi connectivity index (χ2n) is 7.50. The van der Waals surface area contributed by atoms with E-state index < -0.39 is 0 Å². The first kappa shape index (κ1) is 16.2. The smallest absolute Gasteiger partial charge is 0.243 e. The van der Waals surface area contributed by atoms with E-state index in [-0.39, 0.29) is 23.2 Å². The fraction of sp³-hybridized carbons (Fsp3) is 0.941. The predicted molar refractivity (Wildman–Crippen MR) is 84.6 cm³/mol. The summed E-state index contributed by atoms with van der Waals surface area (Å²) in [7, 11) is 4.03. The van der Waals surface area contributed by atoms with Crippen molar-refractivity contribution in [3.8, 4) is 0 Å². The highest BCUT2D eigenvalue weighted by Gasteiger charge is 2.57. The molecule has 1 amide bonds. The van der Waals surface area contributed by atoms with Gasteiger partial charge in [0.15, 0.2) is 0 Å². The third kappa shape index (κ3) is 2.21. The highest BCUT2D eigenvalue weighted by Crippen LogP contribution is 2.51. The van der Waals surface area contributed by atoms with Gasteiger partial charge in [0.1, 0.15) is 5.54 Å². The summed E-state index contributed by atoms with van der Waals surface area (Å²) in [5, 5.41) is 10.3. The zero-order valence-electron chi connectivity index (χ0n) is 14.2. The molecule has 0 aromatic rings. The molecule has 0 aromatic heterocycles. The van der Waals surface area contributed by atoms with Crippen LogP contribution in [0.4, 0.5) is 0 Å². The maximum atomic E-state index is 12.9. The fourth-order valence-electron chi connectivity index (χ4n) is 4.60. The summed E-state index contributed by atoms with van der Waals surface area (Å²) in [6.07, 6.45) is 5.51. The molecular weight excluding hydrogens is 280 g/mol.